The minimum atomic E-state index is -1.10. The van der Waals surface area contributed by atoms with Crippen LogP contribution in [0, 0.1) is 0 Å². The molecule has 0 saturated carbocycles. The summed E-state index contributed by atoms with van der Waals surface area (Å²) >= 11 is 0. The average molecular weight is 535 g/mol. The zero-order chi connectivity index (χ0) is 28.2. The number of pyridine rings is 1. The van der Waals surface area contributed by atoms with Crippen molar-refractivity contribution in [2.45, 2.75) is 26.3 Å². The number of fused-ring (bicyclic) bond motifs is 1. The molecule has 0 aliphatic heterocycles. The molecule has 4 aromatic carbocycles. The molecule has 0 bridgehead atoms. The molecule has 1 aromatic heterocycles. The summed E-state index contributed by atoms with van der Waals surface area (Å²) in [7, 11) is 0. The molecule has 0 radical (unpaired) electrons. The fourth-order valence-corrected chi connectivity index (χ4v) is 4.88. The number of nitrogens with one attached hydrogen (secondary N) is 2. The number of aromatic nitrogens is 1. The van der Waals surface area contributed by atoms with Crippen LogP contribution < -0.4 is 26.4 Å². The Bertz CT molecular complexity index is 1720. The van der Waals surface area contributed by atoms with Gasteiger partial charge in [-0.1, -0.05) is 66.7 Å². The molecule has 0 saturated heterocycles. The lowest BCUT2D eigenvalue weighted by atomic mass is 10.0. The van der Waals surface area contributed by atoms with Crippen molar-refractivity contribution in [3.63, 3.8) is 0 Å². The van der Waals surface area contributed by atoms with Gasteiger partial charge in [0, 0.05) is 36.1 Å². The maximum Gasteiger partial charge on any atom is 0.326 e. The summed E-state index contributed by atoms with van der Waals surface area (Å²) in [5.74, 6) is -0.382. The van der Waals surface area contributed by atoms with Gasteiger partial charge >= 0.3 is 5.97 Å². The Balaban J connectivity index is 1.36. The van der Waals surface area contributed by atoms with Crippen molar-refractivity contribution >= 4 is 39.6 Å². The van der Waals surface area contributed by atoms with E-state index in [4.69, 9.17) is 4.98 Å². The van der Waals surface area contributed by atoms with E-state index in [-0.39, 0.29) is 17.8 Å². The van der Waals surface area contributed by atoms with Gasteiger partial charge < -0.3 is 20.6 Å². The van der Waals surface area contributed by atoms with E-state index in [1.165, 1.54) is 0 Å². The Morgan fingerprint density at radius 3 is 2.25 bits per heavy atom. The summed E-state index contributed by atoms with van der Waals surface area (Å²) in [5, 5.41) is 18.1. The number of carboxylic acid groups (broad SMARTS) is 1. The van der Waals surface area contributed by atoms with E-state index < -0.39 is 22.9 Å². The van der Waals surface area contributed by atoms with Crippen molar-refractivity contribution in [3.8, 4) is 11.3 Å². The number of hydrogen-bond donors (Lipinski definition) is 3. The highest BCUT2D eigenvalue weighted by molar-refractivity contribution is 5.96. The maximum atomic E-state index is 12.2. The van der Waals surface area contributed by atoms with E-state index in [0.29, 0.717) is 13.1 Å². The van der Waals surface area contributed by atoms with E-state index in [1.54, 1.807) is 4.90 Å². The first-order valence-corrected chi connectivity index (χ1v) is 13.3. The molecule has 5 aromatic rings. The second kappa shape index (κ2) is 11.4. The highest BCUT2D eigenvalue weighted by Crippen LogP contribution is 2.30. The highest BCUT2D eigenvalue weighted by atomic mass is 16.4. The molecule has 0 unspecified atom stereocenters. The monoisotopic (exact) mass is 534 g/mol. The van der Waals surface area contributed by atoms with Crippen LogP contribution in [0.5, 0.6) is 0 Å². The third-order valence-corrected chi connectivity index (χ3v) is 7.05. The molecule has 5 rings (SSSR count). The smallest absolute Gasteiger partial charge is 0.326 e. The minimum absolute atomic E-state index is 0.0793. The van der Waals surface area contributed by atoms with E-state index in [2.05, 4.69) is 22.8 Å². The Morgan fingerprint density at radius 1 is 0.900 bits per heavy atom. The lowest BCUT2D eigenvalue weighted by molar-refractivity contribution is -0.137. The first kappa shape index (κ1) is 26.6. The molecule has 0 aliphatic rings. The Labute approximate surface area is 231 Å². The number of hydrogen-bond acceptors (Lipinski definition) is 7. The van der Waals surface area contributed by atoms with Gasteiger partial charge in [0.05, 0.1) is 5.69 Å². The molecule has 1 heterocycles. The Kier molecular flexibility index (Phi) is 7.59. The van der Waals surface area contributed by atoms with E-state index in [9.17, 15) is 19.5 Å². The summed E-state index contributed by atoms with van der Waals surface area (Å²) in [4.78, 5) is 43.1. The van der Waals surface area contributed by atoms with Crippen molar-refractivity contribution in [2.24, 2.45) is 0 Å². The van der Waals surface area contributed by atoms with E-state index >= 15 is 0 Å². The van der Waals surface area contributed by atoms with Crippen LogP contribution in [0.1, 0.15) is 19.4 Å². The molecular formula is C32H30N4O4. The first-order valence-electron chi connectivity index (χ1n) is 13.3. The minimum Gasteiger partial charge on any atom is -0.480 e. The Morgan fingerprint density at radius 2 is 1.57 bits per heavy atom. The third-order valence-electron chi connectivity index (χ3n) is 7.05. The van der Waals surface area contributed by atoms with Crippen LogP contribution >= 0.6 is 0 Å². The van der Waals surface area contributed by atoms with E-state index in [1.807, 2.05) is 86.6 Å². The lowest BCUT2D eigenvalue weighted by Crippen LogP contribution is -2.45. The predicted octanol–water partition coefficient (Wildman–Crippen LogP) is 5.20. The number of carboxylic acids is 1. The predicted molar refractivity (Wildman–Crippen MR) is 161 cm³/mol. The number of anilines is 4. The third kappa shape index (κ3) is 5.29. The summed E-state index contributed by atoms with van der Waals surface area (Å²) < 4.78 is 0. The summed E-state index contributed by atoms with van der Waals surface area (Å²) in [5.41, 5.74) is 2.53. The summed E-state index contributed by atoms with van der Waals surface area (Å²) in [6.45, 7) is 4.84. The van der Waals surface area contributed by atoms with Crippen LogP contribution in [-0.2, 0) is 11.2 Å². The maximum absolute atomic E-state index is 12.2. The van der Waals surface area contributed by atoms with Crippen LogP contribution in [0.4, 0.5) is 22.9 Å². The second-order valence-corrected chi connectivity index (χ2v) is 9.56. The largest absolute Gasteiger partial charge is 0.480 e. The normalized spacial score (nSPS) is 11.8. The fourth-order valence-electron chi connectivity index (χ4n) is 4.88. The molecule has 0 aliphatic carbocycles. The number of nitrogens with zero attached hydrogens (tertiary/aromatic N) is 2. The molecule has 8 heteroatoms. The molecular weight excluding hydrogens is 504 g/mol. The number of rotatable bonds is 11. The van der Waals surface area contributed by atoms with Crippen molar-refractivity contribution in [1.82, 2.24) is 4.98 Å². The van der Waals surface area contributed by atoms with Gasteiger partial charge in [0.15, 0.2) is 0 Å². The van der Waals surface area contributed by atoms with Gasteiger partial charge in [-0.05, 0) is 43.0 Å². The van der Waals surface area contributed by atoms with Crippen molar-refractivity contribution in [3.05, 3.63) is 111 Å². The van der Waals surface area contributed by atoms with Crippen LogP contribution in [-0.4, -0.2) is 35.2 Å². The molecule has 0 spiro atoms. The first-order chi connectivity index (χ1) is 19.4. The van der Waals surface area contributed by atoms with Crippen molar-refractivity contribution in [2.75, 3.05) is 28.6 Å². The van der Waals surface area contributed by atoms with Gasteiger partial charge in [0.1, 0.15) is 23.2 Å². The van der Waals surface area contributed by atoms with Crippen molar-refractivity contribution in [1.29, 1.82) is 0 Å². The molecule has 1 atom stereocenters. The van der Waals surface area contributed by atoms with Crippen molar-refractivity contribution < 1.29 is 9.90 Å². The van der Waals surface area contributed by atoms with E-state index in [0.717, 1.165) is 39.1 Å². The summed E-state index contributed by atoms with van der Waals surface area (Å²) in [6.07, 6.45) is 0.136. The van der Waals surface area contributed by atoms with Gasteiger partial charge in [-0.25, -0.2) is 9.78 Å². The molecule has 40 heavy (non-hydrogen) atoms. The topological polar surface area (TPSA) is 112 Å². The Hall–Kier alpha value is -4.98. The van der Waals surface area contributed by atoms with Gasteiger partial charge in [-0.2, -0.15) is 0 Å². The SMILES string of the molecule is CCN(CC)c1c(N[C@@H](Cc2ccc(Nc3nc(-c4ccccc4)cc4ccccc34)cc2)C(=O)O)c(=O)c1=O. The van der Waals surface area contributed by atoms with Gasteiger partial charge in [0.2, 0.25) is 0 Å². The quantitative estimate of drug-likeness (QED) is 0.198. The van der Waals surface area contributed by atoms with Crippen LogP contribution in [0.25, 0.3) is 22.0 Å². The van der Waals surface area contributed by atoms with Gasteiger partial charge in [-0.15, -0.1) is 0 Å². The van der Waals surface area contributed by atoms with Crippen LogP contribution in [0.3, 0.4) is 0 Å². The second-order valence-electron chi connectivity index (χ2n) is 9.56. The van der Waals surface area contributed by atoms with Gasteiger partial charge in [0.25, 0.3) is 10.9 Å². The zero-order valence-electron chi connectivity index (χ0n) is 22.3. The number of aliphatic carboxylic acids is 1. The molecule has 0 fully saturated rings. The van der Waals surface area contributed by atoms with Crippen LogP contribution in [0.15, 0.2) is 94.5 Å². The number of carbonyl (C=O) groups is 1. The van der Waals surface area contributed by atoms with Crippen LogP contribution in [0.2, 0.25) is 0 Å². The average Bonchev–Trinajstić information content (AvgIpc) is 2.99. The molecule has 8 nitrogen and oxygen atoms in total. The highest BCUT2D eigenvalue weighted by Gasteiger charge is 2.29. The zero-order valence-corrected chi connectivity index (χ0v) is 22.3. The number of benzene rings is 3. The standard InChI is InChI=1S/C32H30N4O4/c1-3-36(4-2)28-27(29(37)30(28)38)34-26(32(39)40)18-20-14-16-23(17-15-20)33-31-24-13-9-8-12-22(24)19-25(35-31)21-10-6-5-7-11-21/h5-17,19,26,34H,3-4,18H2,1-2H3,(H,33,35)(H,39,40)/t26-/m0/s1. The fraction of sp³-hybridized carbons (Fsp3) is 0.188. The molecule has 202 valence electrons. The molecule has 3 N–H and O–H groups in total. The molecule has 0 amide bonds. The summed E-state index contributed by atoms with van der Waals surface area (Å²) in [6, 6.07) is 26.5. The lowest BCUT2D eigenvalue weighted by Gasteiger charge is -2.26. The van der Waals surface area contributed by atoms with Gasteiger partial charge in [-0.3, -0.25) is 9.59 Å².